The Morgan fingerprint density at radius 3 is 2.74 bits per heavy atom. The minimum Gasteiger partial charge on any atom is -0.353 e. The molecule has 0 aromatic heterocycles. The van der Waals surface area contributed by atoms with Gasteiger partial charge in [-0.3, -0.25) is 9.69 Å². The van der Waals surface area contributed by atoms with Crippen LogP contribution in [0.2, 0.25) is 0 Å². The van der Waals surface area contributed by atoms with Crippen LogP contribution in [0.3, 0.4) is 0 Å². The smallest absolute Gasteiger partial charge is 0.237 e. The van der Waals surface area contributed by atoms with E-state index in [1.54, 1.807) is 0 Å². The van der Waals surface area contributed by atoms with Crippen LogP contribution in [-0.4, -0.2) is 35.5 Å². The molecule has 1 amide bonds. The maximum Gasteiger partial charge on any atom is 0.237 e. The lowest BCUT2D eigenvalue weighted by Crippen LogP contribution is -2.45. The third-order valence-electron chi connectivity index (χ3n) is 4.37. The third kappa shape index (κ3) is 3.71. The molecule has 1 fully saturated rings. The second-order valence-corrected chi connectivity index (χ2v) is 6.79. The number of nitrogens with two attached hydrogens (primary N) is 1. The number of hydrogen-bond donors (Lipinski definition) is 2. The number of rotatable bonds is 4. The fraction of sp³-hybridized carbons (Fsp3) is 0.421. The van der Waals surface area contributed by atoms with E-state index < -0.39 is 0 Å². The van der Waals surface area contributed by atoms with Gasteiger partial charge in [0.2, 0.25) is 5.91 Å². The number of likely N-dealkylation sites (tertiary alicyclic amines) is 1. The fourth-order valence-corrected chi connectivity index (χ4v) is 3.34. The summed E-state index contributed by atoms with van der Waals surface area (Å²) in [7, 11) is 0. The van der Waals surface area contributed by atoms with E-state index in [4.69, 9.17) is 5.73 Å². The molecule has 0 radical (unpaired) electrons. The number of amides is 1. The molecule has 122 valence electrons. The summed E-state index contributed by atoms with van der Waals surface area (Å²) >= 11 is 0. The molecule has 1 heterocycles. The summed E-state index contributed by atoms with van der Waals surface area (Å²) in [5.41, 5.74) is 7.33. The highest BCUT2D eigenvalue weighted by atomic mass is 16.2. The van der Waals surface area contributed by atoms with Crippen LogP contribution in [0, 0.1) is 0 Å². The van der Waals surface area contributed by atoms with E-state index in [2.05, 4.69) is 46.6 Å². The topological polar surface area (TPSA) is 58.4 Å². The normalized spacial score (nSPS) is 21.9. The Hall–Kier alpha value is -1.91. The average molecular weight is 311 g/mol. The Morgan fingerprint density at radius 1 is 1.26 bits per heavy atom. The molecule has 0 unspecified atom stereocenters. The quantitative estimate of drug-likeness (QED) is 0.910. The van der Waals surface area contributed by atoms with Crippen molar-refractivity contribution in [1.29, 1.82) is 0 Å². The van der Waals surface area contributed by atoms with E-state index in [0.29, 0.717) is 0 Å². The highest BCUT2D eigenvalue weighted by molar-refractivity contribution is 5.83. The molecule has 2 aromatic carbocycles. The van der Waals surface area contributed by atoms with E-state index in [9.17, 15) is 4.79 Å². The molecule has 4 heteroatoms. The van der Waals surface area contributed by atoms with Crippen LogP contribution in [0.4, 0.5) is 0 Å². The Morgan fingerprint density at radius 2 is 2.00 bits per heavy atom. The van der Waals surface area contributed by atoms with Gasteiger partial charge in [0.1, 0.15) is 0 Å². The predicted molar refractivity (Wildman–Crippen MR) is 94.0 cm³/mol. The first-order valence-electron chi connectivity index (χ1n) is 8.30. The van der Waals surface area contributed by atoms with Gasteiger partial charge in [-0.25, -0.2) is 0 Å². The van der Waals surface area contributed by atoms with Crippen LogP contribution in [0.15, 0.2) is 42.5 Å². The molecule has 4 nitrogen and oxygen atoms in total. The number of hydrogen-bond acceptors (Lipinski definition) is 3. The van der Waals surface area contributed by atoms with Crippen LogP contribution in [-0.2, 0) is 11.3 Å². The molecule has 23 heavy (non-hydrogen) atoms. The summed E-state index contributed by atoms with van der Waals surface area (Å²) in [4.78, 5) is 14.6. The van der Waals surface area contributed by atoms with Gasteiger partial charge >= 0.3 is 0 Å². The number of carbonyl (C=O) groups is 1. The molecule has 1 aliphatic rings. The maximum atomic E-state index is 12.4. The summed E-state index contributed by atoms with van der Waals surface area (Å²) in [5.74, 6) is 0.0914. The van der Waals surface area contributed by atoms with Gasteiger partial charge in [0, 0.05) is 25.2 Å². The van der Waals surface area contributed by atoms with Gasteiger partial charge in [-0.1, -0.05) is 36.4 Å². The standard InChI is InChI=1S/C19H25N3O/c1-13(2)21-19(23)18-10-17(20)12-22(18)11-14-7-8-15-5-3-4-6-16(15)9-14/h3-9,13,17-18H,10-12,20H2,1-2H3,(H,21,23)/t17-,18-/m0/s1. The van der Waals surface area contributed by atoms with E-state index in [-0.39, 0.29) is 24.0 Å². The molecule has 2 atom stereocenters. The molecule has 3 rings (SSSR count). The maximum absolute atomic E-state index is 12.4. The monoisotopic (exact) mass is 311 g/mol. The van der Waals surface area contributed by atoms with Crippen molar-refractivity contribution >= 4 is 16.7 Å². The molecule has 1 saturated heterocycles. The predicted octanol–water partition coefficient (Wildman–Crippen LogP) is 2.27. The molecule has 2 aromatic rings. The Labute approximate surface area is 137 Å². The molecule has 0 bridgehead atoms. The van der Waals surface area contributed by atoms with Crippen LogP contribution >= 0.6 is 0 Å². The number of fused-ring (bicyclic) bond motifs is 1. The van der Waals surface area contributed by atoms with Crippen LogP contribution < -0.4 is 11.1 Å². The second-order valence-electron chi connectivity index (χ2n) is 6.79. The first-order valence-corrected chi connectivity index (χ1v) is 8.30. The summed E-state index contributed by atoms with van der Waals surface area (Å²) < 4.78 is 0. The number of nitrogens with one attached hydrogen (secondary N) is 1. The zero-order chi connectivity index (χ0) is 16.4. The van der Waals surface area contributed by atoms with Crippen LogP contribution in [0.1, 0.15) is 25.8 Å². The lowest BCUT2D eigenvalue weighted by atomic mass is 10.1. The van der Waals surface area contributed by atoms with Gasteiger partial charge in [0.15, 0.2) is 0 Å². The van der Waals surface area contributed by atoms with Crippen LogP contribution in [0.25, 0.3) is 10.8 Å². The van der Waals surface area contributed by atoms with Gasteiger partial charge < -0.3 is 11.1 Å². The van der Waals surface area contributed by atoms with Crippen molar-refractivity contribution in [3.05, 3.63) is 48.0 Å². The van der Waals surface area contributed by atoms with Crippen molar-refractivity contribution < 1.29 is 4.79 Å². The highest BCUT2D eigenvalue weighted by Crippen LogP contribution is 2.22. The molecule has 0 aliphatic carbocycles. The van der Waals surface area contributed by atoms with Gasteiger partial charge in [-0.15, -0.1) is 0 Å². The number of nitrogens with zero attached hydrogens (tertiary/aromatic N) is 1. The lowest BCUT2D eigenvalue weighted by Gasteiger charge is -2.24. The van der Waals surface area contributed by atoms with Crippen molar-refractivity contribution in [2.45, 2.75) is 44.9 Å². The van der Waals surface area contributed by atoms with Gasteiger partial charge in [-0.2, -0.15) is 0 Å². The van der Waals surface area contributed by atoms with Gasteiger partial charge in [0.05, 0.1) is 6.04 Å². The molecule has 0 spiro atoms. The Balaban J connectivity index is 1.77. The largest absolute Gasteiger partial charge is 0.353 e. The molecular formula is C19H25N3O. The van der Waals surface area contributed by atoms with Crippen molar-refractivity contribution in [2.24, 2.45) is 5.73 Å². The molecular weight excluding hydrogens is 286 g/mol. The zero-order valence-electron chi connectivity index (χ0n) is 13.8. The van der Waals surface area contributed by atoms with Crippen molar-refractivity contribution in [2.75, 3.05) is 6.54 Å². The van der Waals surface area contributed by atoms with Crippen molar-refractivity contribution in [3.63, 3.8) is 0 Å². The van der Waals surface area contributed by atoms with Gasteiger partial charge in [0.25, 0.3) is 0 Å². The minimum absolute atomic E-state index is 0.0679. The summed E-state index contributed by atoms with van der Waals surface area (Å²) in [6, 6.07) is 14.9. The zero-order valence-corrected chi connectivity index (χ0v) is 13.8. The molecule has 0 saturated carbocycles. The van der Waals surface area contributed by atoms with Crippen LogP contribution in [0.5, 0.6) is 0 Å². The number of benzene rings is 2. The average Bonchev–Trinajstić information content (AvgIpc) is 2.87. The molecule has 1 aliphatic heterocycles. The molecule has 3 N–H and O–H groups in total. The Kier molecular flexibility index (Phi) is 4.64. The van der Waals surface area contributed by atoms with E-state index in [1.807, 2.05) is 19.9 Å². The van der Waals surface area contributed by atoms with Gasteiger partial charge in [-0.05, 0) is 42.7 Å². The summed E-state index contributed by atoms with van der Waals surface area (Å²) in [6.07, 6.45) is 0.728. The van der Waals surface area contributed by atoms with Crippen molar-refractivity contribution in [1.82, 2.24) is 10.2 Å². The van der Waals surface area contributed by atoms with E-state index in [1.165, 1.54) is 16.3 Å². The fourth-order valence-electron chi connectivity index (χ4n) is 3.34. The third-order valence-corrected chi connectivity index (χ3v) is 4.37. The second kappa shape index (κ2) is 6.69. The summed E-state index contributed by atoms with van der Waals surface area (Å²) in [6.45, 7) is 5.50. The van der Waals surface area contributed by atoms with E-state index in [0.717, 1.165) is 19.5 Å². The highest BCUT2D eigenvalue weighted by Gasteiger charge is 2.35. The minimum atomic E-state index is -0.126. The summed E-state index contributed by atoms with van der Waals surface area (Å²) in [5, 5.41) is 5.49. The lowest BCUT2D eigenvalue weighted by molar-refractivity contribution is -0.126. The first kappa shape index (κ1) is 16.0. The SMILES string of the molecule is CC(C)NC(=O)[C@@H]1C[C@H](N)CN1Cc1ccc2ccccc2c1. The first-order chi connectivity index (χ1) is 11.0. The van der Waals surface area contributed by atoms with Crippen molar-refractivity contribution in [3.8, 4) is 0 Å². The Bertz CT molecular complexity index is 698. The number of carbonyl (C=O) groups excluding carboxylic acids is 1. The van der Waals surface area contributed by atoms with E-state index >= 15 is 0 Å².